The third-order valence-electron chi connectivity index (χ3n) is 4.64. The number of amides is 1. The molecule has 0 bridgehead atoms. The number of piperidine rings is 1. The molecule has 7 nitrogen and oxygen atoms in total. The summed E-state index contributed by atoms with van der Waals surface area (Å²) >= 11 is 0. The predicted octanol–water partition coefficient (Wildman–Crippen LogP) is 4.33. The highest BCUT2D eigenvalue weighted by Crippen LogP contribution is 2.29. The van der Waals surface area contributed by atoms with Crippen LogP contribution in [0.5, 0.6) is 0 Å². The van der Waals surface area contributed by atoms with E-state index in [2.05, 4.69) is 15.1 Å². The van der Waals surface area contributed by atoms with Crippen LogP contribution in [-0.4, -0.2) is 44.8 Å². The maximum Gasteiger partial charge on any atom is 0.410 e. The van der Waals surface area contributed by atoms with Crippen LogP contribution in [-0.2, 0) is 4.74 Å². The van der Waals surface area contributed by atoms with Gasteiger partial charge in [-0.25, -0.2) is 4.79 Å². The monoisotopic (exact) mass is 368 g/mol. The van der Waals surface area contributed by atoms with E-state index in [1.54, 1.807) is 4.90 Å². The van der Waals surface area contributed by atoms with Gasteiger partial charge < -0.3 is 19.1 Å². The molecule has 1 aromatic carbocycles. The summed E-state index contributed by atoms with van der Waals surface area (Å²) in [4.78, 5) is 22.0. The van der Waals surface area contributed by atoms with Gasteiger partial charge in [-0.1, -0.05) is 23.4 Å². The Kier molecular flexibility index (Phi) is 4.37. The van der Waals surface area contributed by atoms with E-state index >= 15 is 0 Å². The number of rotatable bonds is 2. The third kappa shape index (κ3) is 3.82. The number of H-pyrrole nitrogens is 1. The van der Waals surface area contributed by atoms with E-state index in [0.717, 1.165) is 29.4 Å². The number of carbonyl (C=O) groups is 1. The molecular formula is C20H24N4O3. The van der Waals surface area contributed by atoms with Crippen LogP contribution in [0.15, 0.2) is 34.9 Å². The summed E-state index contributed by atoms with van der Waals surface area (Å²) in [5.41, 5.74) is 1.33. The number of hydrogen-bond donors (Lipinski definition) is 1. The number of fused-ring (bicyclic) bond motifs is 1. The molecule has 1 amide bonds. The second-order valence-corrected chi connectivity index (χ2v) is 7.99. The number of para-hydroxylation sites is 1. The van der Waals surface area contributed by atoms with Gasteiger partial charge >= 0.3 is 6.09 Å². The SMILES string of the molecule is CC(C)(C)OC(=O)N1CCCC(c2noc(-c3cc4ccccc4[nH]3)n2)C1. The zero-order valence-electron chi connectivity index (χ0n) is 15.9. The van der Waals surface area contributed by atoms with Gasteiger partial charge in [-0.05, 0) is 45.7 Å². The van der Waals surface area contributed by atoms with Crippen molar-refractivity contribution in [2.75, 3.05) is 13.1 Å². The van der Waals surface area contributed by atoms with E-state index < -0.39 is 5.60 Å². The highest BCUT2D eigenvalue weighted by Gasteiger charge is 2.30. The molecule has 7 heteroatoms. The summed E-state index contributed by atoms with van der Waals surface area (Å²) in [5.74, 6) is 1.15. The molecule has 142 valence electrons. The minimum atomic E-state index is -0.501. The molecule has 4 rings (SSSR count). The van der Waals surface area contributed by atoms with Crippen molar-refractivity contribution in [3.63, 3.8) is 0 Å². The average Bonchev–Trinajstić information content (AvgIpc) is 3.27. The fourth-order valence-corrected chi connectivity index (χ4v) is 3.38. The minimum absolute atomic E-state index is 0.0492. The first-order valence-corrected chi connectivity index (χ1v) is 9.29. The smallest absolute Gasteiger partial charge is 0.410 e. The predicted molar refractivity (Wildman–Crippen MR) is 101 cm³/mol. The molecule has 2 aromatic heterocycles. The summed E-state index contributed by atoms with van der Waals surface area (Å²) in [5, 5.41) is 5.27. The lowest BCUT2D eigenvalue weighted by Crippen LogP contribution is -2.42. The van der Waals surface area contributed by atoms with E-state index in [9.17, 15) is 4.79 Å². The Morgan fingerprint density at radius 2 is 2.15 bits per heavy atom. The molecule has 0 aliphatic carbocycles. The maximum absolute atomic E-state index is 12.4. The van der Waals surface area contributed by atoms with Gasteiger partial charge in [-0.2, -0.15) is 4.98 Å². The number of ether oxygens (including phenoxy) is 1. The molecule has 1 atom stereocenters. The van der Waals surface area contributed by atoms with Crippen molar-refractivity contribution in [1.29, 1.82) is 0 Å². The zero-order valence-corrected chi connectivity index (χ0v) is 15.9. The van der Waals surface area contributed by atoms with Crippen LogP contribution in [0.2, 0.25) is 0 Å². The summed E-state index contributed by atoms with van der Waals surface area (Å²) in [6.45, 7) is 6.85. The molecule has 0 saturated carbocycles. The Bertz CT molecular complexity index is 920. The number of benzene rings is 1. The Morgan fingerprint density at radius 3 is 2.93 bits per heavy atom. The molecule has 1 saturated heterocycles. The third-order valence-corrected chi connectivity index (χ3v) is 4.64. The largest absolute Gasteiger partial charge is 0.444 e. The summed E-state index contributed by atoms with van der Waals surface area (Å²) in [6.07, 6.45) is 1.53. The Morgan fingerprint density at radius 1 is 1.33 bits per heavy atom. The van der Waals surface area contributed by atoms with Crippen LogP contribution in [0.1, 0.15) is 45.4 Å². The van der Waals surface area contributed by atoms with Crippen LogP contribution < -0.4 is 0 Å². The van der Waals surface area contributed by atoms with Crippen molar-refractivity contribution < 1.29 is 14.1 Å². The lowest BCUT2D eigenvalue weighted by atomic mass is 9.98. The van der Waals surface area contributed by atoms with E-state index in [1.165, 1.54) is 0 Å². The number of carbonyl (C=O) groups excluding carboxylic acids is 1. The van der Waals surface area contributed by atoms with Crippen molar-refractivity contribution >= 4 is 17.0 Å². The normalized spacial score (nSPS) is 18.0. The molecule has 0 spiro atoms. The number of likely N-dealkylation sites (tertiary alicyclic amines) is 1. The van der Waals surface area contributed by atoms with Crippen LogP contribution in [0.3, 0.4) is 0 Å². The minimum Gasteiger partial charge on any atom is -0.444 e. The second-order valence-electron chi connectivity index (χ2n) is 7.99. The van der Waals surface area contributed by atoms with E-state index in [-0.39, 0.29) is 12.0 Å². The Hall–Kier alpha value is -2.83. The maximum atomic E-state index is 12.4. The number of nitrogens with one attached hydrogen (secondary N) is 1. The van der Waals surface area contributed by atoms with Gasteiger partial charge in [0.1, 0.15) is 11.3 Å². The molecule has 1 aliphatic heterocycles. The molecule has 3 heterocycles. The van der Waals surface area contributed by atoms with Gasteiger partial charge in [-0.15, -0.1) is 0 Å². The van der Waals surface area contributed by atoms with Crippen LogP contribution in [0, 0.1) is 0 Å². The molecular weight excluding hydrogens is 344 g/mol. The highest BCUT2D eigenvalue weighted by molar-refractivity contribution is 5.84. The molecule has 1 N–H and O–H groups in total. The van der Waals surface area contributed by atoms with E-state index in [4.69, 9.17) is 9.26 Å². The molecule has 3 aromatic rings. The number of aromatic amines is 1. The van der Waals surface area contributed by atoms with Crippen LogP contribution in [0.4, 0.5) is 4.79 Å². The van der Waals surface area contributed by atoms with Gasteiger partial charge in [0.25, 0.3) is 5.89 Å². The van der Waals surface area contributed by atoms with Crippen molar-refractivity contribution in [2.24, 2.45) is 0 Å². The number of aromatic nitrogens is 3. The van der Waals surface area contributed by atoms with Gasteiger partial charge in [0.15, 0.2) is 5.82 Å². The topological polar surface area (TPSA) is 84.2 Å². The van der Waals surface area contributed by atoms with Gasteiger partial charge in [0.05, 0.1) is 0 Å². The summed E-state index contributed by atoms with van der Waals surface area (Å²) in [6, 6.07) is 10.0. The quantitative estimate of drug-likeness (QED) is 0.728. The fraction of sp³-hybridized carbons (Fsp3) is 0.450. The summed E-state index contributed by atoms with van der Waals surface area (Å²) in [7, 11) is 0. The van der Waals surface area contributed by atoms with Gasteiger partial charge in [0.2, 0.25) is 0 Å². The van der Waals surface area contributed by atoms with Crippen molar-refractivity contribution in [2.45, 2.75) is 45.1 Å². The molecule has 1 aliphatic rings. The lowest BCUT2D eigenvalue weighted by molar-refractivity contribution is 0.0195. The van der Waals surface area contributed by atoms with Crippen molar-refractivity contribution in [3.05, 3.63) is 36.2 Å². The Labute approximate surface area is 157 Å². The number of nitrogens with zero attached hydrogens (tertiary/aromatic N) is 3. The highest BCUT2D eigenvalue weighted by atomic mass is 16.6. The zero-order chi connectivity index (χ0) is 19.0. The van der Waals surface area contributed by atoms with Gasteiger partial charge in [-0.3, -0.25) is 0 Å². The molecule has 1 fully saturated rings. The van der Waals surface area contributed by atoms with Crippen molar-refractivity contribution in [3.8, 4) is 11.6 Å². The lowest BCUT2D eigenvalue weighted by Gasteiger charge is -2.32. The van der Waals surface area contributed by atoms with Crippen LogP contribution >= 0.6 is 0 Å². The van der Waals surface area contributed by atoms with Gasteiger partial charge in [0, 0.05) is 29.9 Å². The summed E-state index contributed by atoms with van der Waals surface area (Å²) < 4.78 is 11.0. The van der Waals surface area contributed by atoms with Crippen LogP contribution in [0.25, 0.3) is 22.5 Å². The fourth-order valence-electron chi connectivity index (χ4n) is 3.38. The number of hydrogen-bond acceptors (Lipinski definition) is 5. The van der Waals surface area contributed by atoms with Crippen molar-refractivity contribution in [1.82, 2.24) is 20.0 Å². The molecule has 27 heavy (non-hydrogen) atoms. The average molecular weight is 368 g/mol. The van der Waals surface area contributed by atoms with E-state index in [1.807, 2.05) is 51.1 Å². The Balaban J connectivity index is 1.50. The first kappa shape index (κ1) is 17.6. The first-order chi connectivity index (χ1) is 12.9. The second kappa shape index (κ2) is 6.72. The standard InChI is InChI=1S/C20H24N4O3/c1-20(2,3)26-19(25)24-10-6-8-14(12-24)17-22-18(27-23-17)16-11-13-7-4-5-9-15(13)21-16/h4-5,7,9,11,14,21H,6,8,10,12H2,1-3H3. The molecule has 0 radical (unpaired) electrons. The van der Waals surface area contributed by atoms with E-state index in [0.29, 0.717) is 24.8 Å². The molecule has 1 unspecified atom stereocenters. The first-order valence-electron chi connectivity index (χ1n) is 9.29.